The SMILES string of the molecule is COc1cc2ncnc(Oc3ccc(NC(=O)C4(C(=O)Nc5ccc(F)cc5)CC4)c(Cl)c3)c2nc1OC. The summed E-state index contributed by atoms with van der Waals surface area (Å²) in [5, 5.41) is 5.58. The molecule has 0 radical (unpaired) electrons. The fourth-order valence-electron chi connectivity index (χ4n) is 3.78. The van der Waals surface area contributed by atoms with Gasteiger partial charge in [0, 0.05) is 17.8 Å². The lowest BCUT2D eigenvalue weighted by Crippen LogP contribution is -2.35. The Morgan fingerprint density at radius 2 is 1.68 bits per heavy atom. The van der Waals surface area contributed by atoms with Crippen LogP contribution in [0.3, 0.4) is 0 Å². The molecule has 1 aliphatic rings. The van der Waals surface area contributed by atoms with Gasteiger partial charge in [0.15, 0.2) is 11.3 Å². The average molecular weight is 538 g/mol. The fraction of sp³-hybridized carbons (Fsp3) is 0.192. The van der Waals surface area contributed by atoms with E-state index in [1.165, 1.54) is 50.9 Å². The summed E-state index contributed by atoms with van der Waals surface area (Å²) in [5.74, 6) is -0.223. The number of nitrogens with one attached hydrogen (secondary N) is 2. The molecule has 194 valence electrons. The highest BCUT2D eigenvalue weighted by atomic mass is 35.5. The number of aromatic nitrogens is 3. The van der Waals surface area contributed by atoms with E-state index >= 15 is 0 Å². The van der Waals surface area contributed by atoms with Gasteiger partial charge in [0.25, 0.3) is 5.88 Å². The Morgan fingerprint density at radius 3 is 2.34 bits per heavy atom. The summed E-state index contributed by atoms with van der Waals surface area (Å²) in [6.45, 7) is 0. The van der Waals surface area contributed by atoms with Crippen LogP contribution in [-0.4, -0.2) is 41.0 Å². The second-order valence-electron chi connectivity index (χ2n) is 8.49. The minimum absolute atomic E-state index is 0.165. The standard InChI is InChI=1S/C26H21ClFN5O5/c1-36-20-12-19-21(33-22(20)37-2)23(30-13-29-19)38-16-7-8-18(17(27)11-16)32-25(35)26(9-10-26)24(34)31-15-5-3-14(28)4-6-15/h3-8,11-13H,9-10H2,1-2H3,(H,31,34)(H,32,35). The van der Waals surface area contributed by atoms with Crippen LogP contribution in [0, 0.1) is 11.2 Å². The van der Waals surface area contributed by atoms with E-state index in [0.29, 0.717) is 46.7 Å². The quantitative estimate of drug-likeness (QED) is 0.301. The minimum Gasteiger partial charge on any atom is -0.491 e. The molecule has 0 atom stereocenters. The number of anilines is 2. The lowest BCUT2D eigenvalue weighted by atomic mass is 10.0. The van der Waals surface area contributed by atoms with Gasteiger partial charge in [-0.3, -0.25) is 9.59 Å². The van der Waals surface area contributed by atoms with Crippen molar-refractivity contribution in [3.8, 4) is 23.3 Å². The predicted octanol–water partition coefficient (Wildman–Crippen LogP) is 4.98. The molecule has 12 heteroatoms. The zero-order chi connectivity index (χ0) is 26.9. The number of rotatable bonds is 8. The molecule has 2 aromatic carbocycles. The van der Waals surface area contributed by atoms with E-state index in [4.69, 9.17) is 25.8 Å². The van der Waals surface area contributed by atoms with Crippen molar-refractivity contribution in [2.45, 2.75) is 12.8 Å². The van der Waals surface area contributed by atoms with Gasteiger partial charge in [-0.05, 0) is 49.2 Å². The first-order chi connectivity index (χ1) is 18.3. The van der Waals surface area contributed by atoms with Crippen LogP contribution in [0.25, 0.3) is 11.0 Å². The van der Waals surface area contributed by atoms with Crippen LogP contribution in [0.2, 0.25) is 5.02 Å². The number of carbonyl (C=O) groups excluding carboxylic acids is 2. The second-order valence-corrected chi connectivity index (χ2v) is 8.89. The van der Waals surface area contributed by atoms with Crippen molar-refractivity contribution in [3.63, 3.8) is 0 Å². The first-order valence-electron chi connectivity index (χ1n) is 11.4. The number of fused-ring (bicyclic) bond motifs is 1. The van der Waals surface area contributed by atoms with E-state index in [1.807, 2.05) is 0 Å². The van der Waals surface area contributed by atoms with Crippen molar-refractivity contribution in [1.29, 1.82) is 0 Å². The van der Waals surface area contributed by atoms with Crippen LogP contribution in [-0.2, 0) is 9.59 Å². The number of benzene rings is 2. The number of halogens is 2. The van der Waals surface area contributed by atoms with Crippen LogP contribution in [0.1, 0.15) is 12.8 Å². The largest absolute Gasteiger partial charge is 0.491 e. The van der Waals surface area contributed by atoms with Gasteiger partial charge in [-0.15, -0.1) is 0 Å². The second kappa shape index (κ2) is 10.1. The van der Waals surface area contributed by atoms with Gasteiger partial charge in [0.1, 0.15) is 28.8 Å². The maximum absolute atomic E-state index is 13.1. The highest BCUT2D eigenvalue weighted by Crippen LogP contribution is 2.48. The molecule has 2 heterocycles. The summed E-state index contributed by atoms with van der Waals surface area (Å²) in [5.41, 5.74) is 0.316. The van der Waals surface area contributed by atoms with Crippen molar-refractivity contribution < 1.29 is 28.2 Å². The van der Waals surface area contributed by atoms with Gasteiger partial charge in [0.2, 0.25) is 17.7 Å². The molecule has 38 heavy (non-hydrogen) atoms. The summed E-state index contributed by atoms with van der Waals surface area (Å²) in [4.78, 5) is 38.5. The lowest BCUT2D eigenvalue weighted by Gasteiger charge is -2.16. The molecular weight excluding hydrogens is 517 g/mol. The zero-order valence-electron chi connectivity index (χ0n) is 20.2. The van der Waals surface area contributed by atoms with E-state index in [0.717, 1.165) is 0 Å². The maximum atomic E-state index is 13.1. The summed E-state index contributed by atoms with van der Waals surface area (Å²) in [6.07, 6.45) is 2.09. The number of hydrogen-bond acceptors (Lipinski definition) is 8. The van der Waals surface area contributed by atoms with Gasteiger partial charge in [-0.2, -0.15) is 4.98 Å². The van der Waals surface area contributed by atoms with Crippen LogP contribution < -0.4 is 24.8 Å². The van der Waals surface area contributed by atoms with Gasteiger partial charge < -0.3 is 24.8 Å². The Morgan fingerprint density at radius 1 is 0.947 bits per heavy atom. The normalized spacial score (nSPS) is 13.5. The molecule has 1 aliphatic carbocycles. The number of hydrogen-bond donors (Lipinski definition) is 2. The van der Waals surface area contributed by atoms with Gasteiger partial charge in [-0.25, -0.2) is 14.4 Å². The number of nitrogens with zero attached hydrogens (tertiary/aromatic N) is 3. The number of carbonyl (C=O) groups is 2. The highest BCUT2D eigenvalue weighted by molar-refractivity contribution is 6.34. The summed E-state index contributed by atoms with van der Waals surface area (Å²) in [6, 6.07) is 11.6. The van der Waals surface area contributed by atoms with Crippen LogP contribution >= 0.6 is 11.6 Å². The van der Waals surface area contributed by atoms with E-state index in [9.17, 15) is 14.0 Å². The van der Waals surface area contributed by atoms with Gasteiger partial charge in [-0.1, -0.05) is 11.6 Å². The third-order valence-corrected chi connectivity index (χ3v) is 6.36. The molecule has 2 aromatic heterocycles. The Hall–Kier alpha value is -4.51. The van der Waals surface area contributed by atoms with E-state index < -0.39 is 23.0 Å². The highest BCUT2D eigenvalue weighted by Gasteiger charge is 2.56. The van der Waals surface area contributed by atoms with Crippen molar-refractivity contribution >= 4 is 45.8 Å². The third-order valence-electron chi connectivity index (χ3n) is 6.05. The average Bonchev–Trinajstić information content (AvgIpc) is 3.73. The Kier molecular flexibility index (Phi) is 6.68. The third kappa shape index (κ3) is 4.88. The van der Waals surface area contributed by atoms with E-state index in [-0.39, 0.29) is 16.8 Å². The molecule has 1 saturated carbocycles. The van der Waals surface area contributed by atoms with Crippen LogP contribution in [0.4, 0.5) is 15.8 Å². The molecule has 0 bridgehead atoms. The molecular formula is C26H21ClFN5O5. The molecule has 0 spiro atoms. The van der Waals surface area contributed by atoms with Crippen LogP contribution in [0.5, 0.6) is 23.3 Å². The molecule has 4 aromatic rings. The maximum Gasteiger partial charge on any atom is 0.257 e. The number of amides is 2. The first-order valence-corrected chi connectivity index (χ1v) is 11.8. The molecule has 2 N–H and O–H groups in total. The number of ether oxygens (including phenoxy) is 3. The van der Waals surface area contributed by atoms with E-state index in [2.05, 4.69) is 25.6 Å². The topological polar surface area (TPSA) is 125 Å². The van der Waals surface area contributed by atoms with Crippen LogP contribution in [0.15, 0.2) is 54.9 Å². The van der Waals surface area contributed by atoms with Gasteiger partial charge >= 0.3 is 0 Å². The summed E-state index contributed by atoms with van der Waals surface area (Å²) < 4.78 is 29.6. The zero-order valence-corrected chi connectivity index (χ0v) is 21.0. The van der Waals surface area contributed by atoms with E-state index in [1.54, 1.807) is 18.2 Å². The fourth-order valence-corrected chi connectivity index (χ4v) is 3.99. The summed E-state index contributed by atoms with van der Waals surface area (Å²) in [7, 11) is 2.96. The van der Waals surface area contributed by atoms with Gasteiger partial charge in [0.05, 0.1) is 24.9 Å². The Balaban J connectivity index is 1.31. The molecule has 2 amide bonds. The van der Waals surface area contributed by atoms with Crippen molar-refractivity contribution in [3.05, 3.63) is 65.7 Å². The molecule has 1 fully saturated rings. The minimum atomic E-state index is -1.22. The summed E-state index contributed by atoms with van der Waals surface area (Å²) >= 11 is 6.42. The molecule has 5 rings (SSSR count). The smallest absolute Gasteiger partial charge is 0.257 e. The molecule has 0 aliphatic heterocycles. The number of pyridine rings is 1. The van der Waals surface area contributed by atoms with Crippen molar-refractivity contribution in [2.24, 2.45) is 5.41 Å². The predicted molar refractivity (Wildman–Crippen MR) is 137 cm³/mol. The Labute approximate surface area is 221 Å². The van der Waals surface area contributed by atoms with Crippen molar-refractivity contribution in [1.82, 2.24) is 15.0 Å². The molecule has 10 nitrogen and oxygen atoms in total. The van der Waals surface area contributed by atoms with Crippen molar-refractivity contribution in [2.75, 3.05) is 24.9 Å². The Bertz CT molecular complexity index is 1550. The monoisotopic (exact) mass is 537 g/mol. The lowest BCUT2D eigenvalue weighted by molar-refractivity contribution is -0.131. The molecule has 0 unspecified atom stereocenters. The first kappa shape index (κ1) is 25.2. The number of methoxy groups -OCH3 is 2. The molecule has 0 saturated heterocycles.